The SMILES string of the molecule is COCC(CCO)NC(=O)c1ccc2c(c1)NC(=O)C2. The maximum Gasteiger partial charge on any atom is 0.251 e. The lowest BCUT2D eigenvalue weighted by molar-refractivity contribution is -0.115. The number of methoxy groups -OCH3 is 1. The topological polar surface area (TPSA) is 87.7 Å². The van der Waals surface area contributed by atoms with Gasteiger partial charge < -0.3 is 20.5 Å². The van der Waals surface area contributed by atoms with Gasteiger partial charge in [0.2, 0.25) is 5.91 Å². The Hall–Kier alpha value is -1.92. The second-order valence-corrected chi connectivity index (χ2v) is 4.73. The molecule has 2 rings (SSSR count). The van der Waals surface area contributed by atoms with Crippen molar-refractivity contribution in [3.63, 3.8) is 0 Å². The lowest BCUT2D eigenvalue weighted by atomic mass is 10.1. The highest BCUT2D eigenvalue weighted by Crippen LogP contribution is 2.24. The first-order valence-electron chi connectivity index (χ1n) is 6.47. The Balaban J connectivity index is 2.06. The third kappa shape index (κ3) is 3.34. The molecule has 0 saturated heterocycles. The molecule has 0 bridgehead atoms. The van der Waals surface area contributed by atoms with Crippen LogP contribution in [-0.4, -0.2) is 43.3 Å². The Morgan fingerprint density at radius 2 is 2.35 bits per heavy atom. The van der Waals surface area contributed by atoms with E-state index in [1.807, 2.05) is 0 Å². The number of fused-ring (bicyclic) bond motifs is 1. The number of hydrogen-bond acceptors (Lipinski definition) is 4. The van der Waals surface area contributed by atoms with Crippen LogP contribution in [0.2, 0.25) is 0 Å². The fraction of sp³-hybridized carbons (Fsp3) is 0.429. The molecule has 20 heavy (non-hydrogen) atoms. The Morgan fingerprint density at radius 3 is 3.05 bits per heavy atom. The van der Waals surface area contributed by atoms with Gasteiger partial charge in [0.05, 0.1) is 19.1 Å². The highest BCUT2D eigenvalue weighted by atomic mass is 16.5. The third-order valence-electron chi connectivity index (χ3n) is 3.18. The second kappa shape index (κ2) is 6.49. The van der Waals surface area contributed by atoms with Crippen LogP contribution in [0.3, 0.4) is 0 Å². The van der Waals surface area contributed by atoms with Crippen molar-refractivity contribution in [3.05, 3.63) is 29.3 Å². The number of benzene rings is 1. The molecule has 2 amide bonds. The smallest absolute Gasteiger partial charge is 0.251 e. The zero-order valence-electron chi connectivity index (χ0n) is 11.3. The number of aliphatic hydroxyl groups is 1. The molecule has 3 N–H and O–H groups in total. The van der Waals surface area contributed by atoms with Crippen LogP contribution in [0.5, 0.6) is 0 Å². The monoisotopic (exact) mass is 278 g/mol. The predicted molar refractivity (Wildman–Crippen MR) is 73.6 cm³/mol. The summed E-state index contributed by atoms with van der Waals surface area (Å²) in [5.41, 5.74) is 2.06. The van der Waals surface area contributed by atoms with E-state index in [9.17, 15) is 9.59 Å². The summed E-state index contributed by atoms with van der Waals surface area (Å²) in [5.74, 6) is -0.306. The molecule has 1 aliphatic heterocycles. The van der Waals surface area contributed by atoms with E-state index in [1.54, 1.807) is 25.3 Å². The average Bonchev–Trinajstić information content (AvgIpc) is 2.78. The van der Waals surface area contributed by atoms with Crippen LogP contribution >= 0.6 is 0 Å². The van der Waals surface area contributed by atoms with E-state index in [2.05, 4.69) is 10.6 Å². The van der Waals surface area contributed by atoms with E-state index in [0.717, 1.165) is 5.56 Å². The lowest BCUT2D eigenvalue weighted by Crippen LogP contribution is -2.38. The maximum atomic E-state index is 12.1. The molecule has 1 heterocycles. The molecule has 1 aliphatic rings. The zero-order valence-corrected chi connectivity index (χ0v) is 11.3. The normalized spacial score (nSPS) is 14.6. The maximum absolute atomic E-state index is 12.1. The van der Waals surface area contributed by atoms with Crippen LogP contribution in [0.15, 0.2) is 18.2 Å². The molecule has 0 spiro atoms. The van der Waals surface area contributed by atoms with Crippen molar-refractivity contribution in [1.29, 1.82) is 0 Å². The fourth-order valence-corrected chi connectivity index (χ4v) is 2.18. The van der Waals surface area contributed by atoms with Crippen LogP contribution in [0.1, 0.15) is 22.3 Å². The van der Waals surface area contributed by atoms with Gasteiger partial charge >= 0.3 is 0 Å². The first kappa shape index (κ1) is 14.5. The highest BCUT2D eigenvalue weighted by Gasteiger charge is 2.20. The van der Waals surface area contributed by atoms with Crippen molar-refractivity contribution in [3.8, 4) is 0 Å². The summed E-state index contributed by atoms with van der Waals surface area (Å²) in [5, 5.41) is 14.5. The largest absolute Gasteiger partial charge is 0.396 e. The van der Waals surface area contributed by atoms with Gasteiger partial charge in [0.1, 0.15) is 0 Å². The van der Waals surface area contributed by atoms with Gasteiger partial charge in [-0.1, -0.05) is 6.07 Å². The highest BCUT2D eigenvalue weighted by molar-refractivity contribution is 6.02. The number of aliphatic hydroxyl groups excluding tert-OH is 1. The first-order valence-corrected chi connectivity index (χ1v) is 6.47. The molecular weight excluding hydrogens is 260 g/mol. The van der Waals surface area contributed by atoms with Crippen molar-refractivity contribution in [2.24, 2.45) is 0 Å². The van der Waals surface area contributed by atoms with Crippen molar-refractivity contribution in [1.82, 2.24) is 5.32 Å². The number of anilines is 1. The molecule has 0 saturated carbocycles. The van der Waals surface area contributed by atoms with Crippen molar-refractivity contribution < 1.29 is 19.4 Å². The molecule has 0 aromatic heterocycles. The second-order valence-electron chi connectivity index (χ2n) is 4.73. The van der Waals surface area contributed by atoms with Crippen LogP contribution < -0.4 is 10.6 Å². The molecule has 1 atom stereocenters. The quantitative estimate of drug-likeness (QED) is 0.699. The Kier molecular flexibility index (Phi) is 4.70. The summed E-state index contributed by atoms with van der Waals surface area (Å²) >= 11 is 0. The molecule has 1 aromatic rings. The van der Waals surface area contributed by atoms with Gasteiger partial charge in [0.25, 0.3) is 5.91 Å². The molecule has 1 unspecified atom stereocenters. The number of carbonyl (C=O) groups excluding carboxylic acids is 2. The molecule has 0 aliphatic carbocycles. The van der Waals surface area contributed by atoms with Gasteiger partial charge in [-0.25, -0.2) is 0 Å². The van der Waals surface area contributed by atoms with Gasteiger partial charge in [-0.2, -0.15) is 0 Å². The average molecular weight is 278 g/mol. The van der Waals surface area contributed by atoms with Crippen molar-refractivity contribution in [2.75, 3.05) is 25.6 Å². The molecule has 6 heteroatoms. The third-order valence-corrected chi connectivity index (χ3v) is 3.18. The summed E-state index contributed by atoms with van der Waals surface area (Å²) in [6, 6.07) is 4.90. The minimum absolute atomic E-state index is 0.0193. The van der Waals surface area contributed by atoms with Gasteiger partial charge in [0, 0.05) is 25.0 Å². The Morgan fingerprint density at radius 1 is 1.55 bits per heavy atom. The van der Waals surface area contributed by atoms with Crippen molar-refractivity contribution in [2.45, 2.75) is 18.9 Å². The molecule has 108 valence electrons. The number of ether oxygens (including phenoxy) is 1. The van der Waals surface area contributed by atoms with E-state index >= 15 is 0 Å². The standard InChI is InChI=1S/C14H18N2O4/c1-20-8-11(4-5-17)15-14(19)10-3-2-9-7-13(18)16-12(9)6-10/h2-3,6,11,17H,4-5,7-8H2,1H3,(H,15,19)(H,16,18). The van der Waals surface area contributed by atoms with Gasteiger partial charge in [-0.05, 0) is 24.1 Å². The summed E-state index contributed by atoms with van der Waals surface area (Å²) in [6.45, 7) is 0.322. The number of amides is 2. The Bertz CT molecular complexity index is 510. The zero-order chi connectivity index (χ0) is 14.5. The summed E-state index contributed by atoms with van der Waals surface area (Å²) < 4.78 is 5.00. The summed E-state index contributed by atoms with van der Waals surface area (Å²) in [4.78, 5) is 23.4. The van der Waals surface area contributed by atoms with E-state index in [4.69, 9.17) is 9.84 Å². The predicted octanol–water partition coefficient (Wildman–Crippen LogP) is 0.308. The van der Waals surface area contributed by atoms with Gasteiger partial charge in [-0.3, -0.25) is 9.59 Å². The Labute approximate surface area is 117 Å². The van der Waals surface area contributed by atoms with Crippen LogP contribution in [0, 0.1) is 0 Å². The molecule has 6 nitrogen and oxygen atoms in total. The van der Waals surface area contributed by atoms with Crippen LogP contribution in [0.25, 0.3) is 0 Å². The van der Waals surface area contributed by atoms with Crippen LogP contribution in [-0.2, 0) is 16.0 Å². The number of hydrogen-bond donors (Lipinski definition) is 3. The van der Waals surface area contributed by atoms with Crippen molar-refractivity contribution >= 4 is 17.5 Å². The van der Waals surface area contributed by atoms with E-state index in [-0.39, 0.29) is 24.5 Å². The number of rotatable bonds is 6. The van der Waals surface area contributed by atoms with E-state index < -0.39 is 0 Å². The minimum Gasteiger partial charge on any atom is -0.396 e. The molecular formula is C14H18N2O4. The molecule has 0 radical (unpaired) electrons. The number of carbonyl (C=O) groups is 2. The van der Waals surface area contributed by atoms with Gasteiger partial charge in [0.15, 0.2) is 0 Å². The fourth-order valence-electron chi connectivity index (χ4n) is 2.18. The summed E-state index contributed by atoms with van der Waals surface area (Å²) in [6.07, 6.45) is 0.787. The summed E-state index contributed by atoms with van der Waals surface area (Å²) in [7, 11) is 1.54. The van der Waals surface area contributed by atoms with E-state index in [1.165, 1.54) is 0 Å². The van der Waals surface area contributed by atoms with Gasteiger partial charge in [-0.15, -0.1) is 0 Å². The molecule has 1 aromatic carbocycles. The first-order chi connectivity index (χ1) is 9.63. The van der Waals surface area contributed by atoms with E-state index in [0.29, 0.717) is 30.7 Å². The minimum atomic E-state index is -0.246. The number of nitrogens with one attached hydrogen (secondary N) is 2. The van der Waals surface area contributed by atoms with Crippen LogP contribution in [0.4, 0.5) is 5.69 Å². The lowest BCUT2D eigenvalue weighted by Gasteiger charge is -2.17. The molecule has 0 fully saturated rings.